The Labute approximate surface area is 101 Å². The summed E-state index contributed by atoms with van der Waals surface area (Å²) >= 11 is 8.42. The second kappa shape index (κ2) is 3.96. The summed E-state index contributed by atoms with van der Waals surface area (Å²) in [6.07, 6.45) is -0.144. The van der Waals surface area contributed by atoms with Crippen molar-refractivity contribution in [2.45, 2.75) is 6.17 Å². The molecule has 1 saturated heterocycles. The van der Waals surface area contributed by atoms with Gasteiger partial charge < -0.3 is 10.0 Å². The van der Waals surface area contributed by atoms with E-state index in [1.807, 2.05) is 18.0 Å². The first-order valence-corrected chi connectivity index (χ1v) is 5.56. The van der Waals surface area contributed by atoms with Gasteiger partial charge in [0.25, 0.3) is 0 Å². The van der Waals surface area contributed by atoms with E-state index in [0.29, 0.717) is 5.11 Å². The molecule has 1 aromatic rings. The van der Waals surface area contributed by atoms with Crippen molar-refractivity contribution in [2.75, 3.05) is 7.05 Å². The molecular weight excluding hydrogens is 278 g/mol. The highest BCUT2D eigenvalue weighted by atomic mass is 79.9. The van der Waals surface area contributed by atoms with Gasteiger partial charge in [-0.25, -0.2) is 5.43 Å². The fraction of sp³-hybridized carbons (Fsp3) is 0.222. The third kappa shape index (κ3) is 1.92. The van der Waals surface area contributed by atoms with Crippen molar-refractivity contribution in [3.05, 3.63) is 28.2 Å². The van der Waals surface area contributed by atoms with Crippen LogP contribution in [0.4, 0.5) is 0 Å². The average molecular weight is 288 g/mol. The molecule has 3 N–H and O–H groups in total. The standard InChI is InChI=1S/C9H10BrN3OS/c1-13-8(11-12-9(13)15)6-4-5(10)2-3-7(6)14/h2-4,8,11,14H,1H3,(H,12,15). The molecule has 0 spiro atoms. The SMILES string of the molecule is CN1C(=S)NNC1c1cc(Br)ccc1O. The molecule has 1 aliphatic heterocycles. The summed E-state index contributed by atoms with van der Waals surface area (Å²) in [6, 6.07) is 5.30. The predicted molar refractivity (Wildman–Crippen MR) is 65.2 cm³/mol. The number of phenolic OH excluding ortho intramolecular Hbond substituents is 1. The van der Waals surface area contributed by atoms with Gasteiger partial charge >= 0.3 is 0 Å². The fourth-order valence-corrected chi connectivity index (χ4v) is 2.01. The molecule has 0 amide bonds. The third-order valence-electron chi connectivity index (χ3n) is 2.31. The molecule has 0 bridgehead atoms. The summed E-state index contributed by atoms with van der Waals surface area (Å²) < 4.78 is 0.920. The van der Waals surface area contributed by atoms with Gasteiger partial charge in [0.15, 0.2) is 5.11 Å². The molecule has 4 nitrogen and oxygen atoms in total. The molecule has 15 heavy (non-hydrogen) atoms. The molecule has 0 aromatic heterocycles. The van der Waals surface area contributed by atoms with Crippen LogP contribution in [0, 0.1) is 0 Å². The number of rotatable bonds is 1. The lowest BCUT2D eigenvalue weighted by Gasteiger charge is -2.20. The van der Waals surface area contributed by atoms with Crippen molar-refractivity contribution in [3.63, 3.8) is 0 Å². The van der Waals surface area contributed by atoms with Crippen molar-refractivity contribution in [1.29, 1.82) is 0 Å². The molecule has 0 saturated carbocycles. The maximum Gasteiger partial charge on any atom is 0.184 e. The molecule has 1 atom stereocenters. The van der Waals surface area contributed by atoms with Crippen LogP contribution < -0.4 is 10.9 Å². The van der Waals surface area contributed by atoms with Gasteiger partial charge in [-0.15, -0.1) is 0 Å². The van der Waals surface area contributed by atoms with Crippen molar-refractivity contribution >= 4 is 33.3 Å². The number of hydrogen-bond acceptors (Lipinski definition) is 3. The van der Waals surface area contributed by atoms with E-state index >= 15 is 0 Å². The van der Waals surface area contributed by atoms with E-state index in [1.54, 1.807) is 12.1 Å². The van der Waals surface area contributed by atoms with Crippen LogP contribution in [-0.4, -0.2) is 22.2 Å². The quantitative estimate of drug-likeness (QED) is 0.683. The maximum absolute atomic E-state index is 9.74. The fourth-order valence-electron chi connectivity index (χ4n) is 1.46. The molecule has 0 radical (unpaired) electrons. The van der Waals surface area contributed by atoms with Crippen molar-refractivity contribution in [2.24, 2.45) is 0 Å². The molecule has 1 heterocycles. The van der Waals surface area contributed by atoms with Crippen LogP contribution in [0.15, 0.2) is 22.7 Å². The zero-order chi connectivity index (χ0) is 11.0. The topological polar surface area (TPSA) is 47.5 Å². The van der Waals surface area contributed by atoms with Gasteiger partial charge in [0.1, 0.15) is 11.9 Å². The van der Waals surface area contributed by atoms with Crippen molar-refractivity contribution in [1.82, 2.24) is 15.8 Å². The Morgan fingerprint density at radius 1 is 1.53 bits per heavy atom. The zero-order valence-electron chi connectivity index (χ0n) is 7.99. The van der Waals surface area contributed by atoms with E-state index in [9.17, 15) is 5.11 Å². The van der Waals surface area contributed by atoms with Crippen LogP contribution in [0.3, 0.4) is 0 Å². The molecule has 80 valence electrons. The number of aromatic hydroxyl groups is 1. The second-order valence-corrected chi connectivity index (χ2v) is 4.59. The highest BCUT2D eigenvalue weighted by Crippen LogP contribution is 2.30. The number of thiocarbonyl (C=S) groups is 1. The largest absolute Gasteiger partial charge is 0.508 e. The van der Waals surface area contributed by atoms with E-state index in [-0.39, 0.29) is 11.9 Å². The first kappa shape index (κ1) is 10.7. The Hall–Kier alpha value is -0.850. The van der Waals surface area contributed by atoms with Crippen molar-refractivity contribution < 1.29 is 5.11 Å². The van der Waals surface area contributed by atoms with Crippen LogP contribution in [0.5, 0.6) is 5.75 Å². The highest BCUT2D eigenvalue weighted by molar-refractivity contribution is 9.10. The summed E-state index contributed by atoms with van der Waals surface area (Å²) in [5.41, 5.74) is 6.62. The van der Waals surface area contributed by atoms with Gasteiger partial charge in [-0.3, -0.25) is 5.43 Å². The number of nitrogens with one attached hydrogen (secondary N) is 2. The molecular formula is C9H10BrN3OS. The smallest absolute Gasteiger partial charge is 0.184 e. The number of nitrogens with zero attached hydrogens (tertiary/aromatic N) is 1. The number of benzene rings is 1. The summed E-state index contributed by atoms with van der Waals surface area (Å²) in [6.45, 7) is 0. The van der Waals surface area contributed by atoms with Crippen LogP contribution in [-0.2, 0) is 0 Å². The lowest BCUT2D eigenvalue weighted by Crippen LogP contribution is -2.26. The first-order chi connectivity index (χ1) is 7.09. The third-order valence-corrected chi connectivity index (χ3v) is 3.19. The van der Waals surface area contributed by atoms with E-state index in [0.717, 1.165) is 10.0 Å². The normalized spacial score (nSPS) is 20.5. The number of halogens is 1. The average Bonchev–Trinajstić information content (AvgIpc) is 2.52. The van der Waals surface area contributed by atoms with Crippen LogP contribution >= 0.6 is 28.1 Å². The summed E-state index contributed by atoms with van der Waals surface area (Å²) in [5.74, 6) is 0.244. The molecule has 2 rings (SSSR count). The van der Waals surface area contributed by atoms with E-state index in [2.05, 4.69) is 26.8 Å². The Morgan fingerprint density at radius 2 is 2.27 bits per heavy atom. The van der Waals surface area contributed by atoms with Crippen molar-refractivity contribution in [3.8, 4) is 5.75 Å². The van der Waals surface area contributed by atoms with E-state index < -0.39 is 0 Å². The summed E-state index contributed by atoms with van der Waals surface area (Å²) in [5, 5.41) is 10.4. The molecule has 1 aliphatic rings. The predicted octanol–water partition coefficient (Wildman–Crippen LogP) is 1.48. The highest BCUT2D eigenvalue weighted by Gasteiger charge is 2.27. The minimum absolute atomic E-state index is 0.144. The minimum atomic E-state index is -0.144. The Morgan fingerprint density at radius 3 is 2.87 bits per heavy atom. The first-order valence-electron chi connectivity index (χ1n) is 4.36. The molecule has 0 aliphatic carbocycles. The van der Waals surface area contributed by atoms with E-state index in [4.69, 9.17) is 12.2 Å². The van der Waals surface area contributed by atoms with Crippen LogP contribution in [0.1, 0.15) is 11.7 Å². The van der Waals surface area contributed by atoms with Crippen LogP contribution in [0.2, 0.25) is 0 Å². The van der Waals surface area contributed by atoms with Gasteiger partial charge in [0, 0.05) is 17.1 Å². The lowest BCUT2D eigenvalue weighted by atomic mass is 10.1. The zero-order valence-corrected chi connectivity index (χ0v) is 10.4. The summed E-state index contributed by atoms with van der Waals surface area (Å²) in [7, 11) is 1.86. The Kier molecular flexibility index (Phi) is 2.81. The molecule has 6 heteroatoms. The maximum atomic E-state index is 9.74. The molecule has 1 aromatic carbocycles. The molecule has 1 fully saturated rings. The number of hydrogen-bond donors (Lipinski definition) is 3. The summed E-state index contributed by atoms with van der Waals surface area (Å²) in [4.78, 5) is 1.84. The van der Waals surface area contributed by atoms with Gasteiger partial charge in [0.2, 0.25) is 0 Å². The van der Waals surface area contributed by atoms with Crippen LogP contribution in [0.25, 0.3) is 0 Å². The van der Waals surface area contributed by atoms with E-state index in [1.165, 1.54) is 0 Å². The monoisotopic (exact) mass is 287 g/mol. The van der Waals surface area contributed by atoms with Gasteiger partial charge in [0.05, 0.1) is 0 Å². The minimum Gasteiger partial charge on any atom is -0.508 e. The lowest BCUT2D eigenvalue weighted by molar-refractivity contribution is 0.350. The second-order valence-electron chi connectivity index (χ2n) is 3.29. The molecule has 1 unspecified atom stereocenters. The number of hydrazine groups is 1. The van der Waals surface area contributed by atoms with Gasteiger partial charge in [-0.1, -0.05) is 15.9 Å². The Bertz CT molecular complexity index is 412. The number of phenols is 1. The van der Waals surface area contributed by atoms with Gasteiger partial charge in [-0.05, 0) is 30.4 Å². The van der Waals surface area contributed by atoms with Gasteiger partial charge in [-0.2, -0.15) is 0 Å². The Balaban J connectivity index is 2.37.